The molecule has 0 amide bonds. The van der Waals surface area contributed by atoms with E-state index in [9.17, 15) is 10.1 Å². The molecule has 0 bridgehead atoms. The second kappa shape index (κ2) is 5.57. The largest absolute Gasteiger partial charge is 0.467 e. The zero-order valence-corrected chi connectivity index (χ0v) is 11.4. The van der Waals surface area contributed by atoms with E-state index in [4.69, 9.17) is 9.52 Å². The van der Waals surface area contributed by atoms with E-state index in [1.54, 1.807) is 18.4 Å². The molecule has 1 saturated carbocycles. The summed E-state index contributed by atoms with van der Waals surface area (Å²) < 4.78 is 5.36. The number of aliphatic hydroxyl groups is 1. The summed E-state index contributed by atoms with van der Waals surface area (Å²) in [6, 6.07) is 8.86. The molecule has 6 nitrogen and oxygen atoms in total. The van der Waals surface area contributed by atoms with Crippen molar-refractivity contribution in [3.05, 3.63) is 58.0 Å². The van der Waals surface area contributed by atoms with Crippen molar-refractivity contribution in [1.82, 2.24) is 0 Å². The smallest absolute Gasteiger partial charge is 0.292 e. The third-order valence-corrected chi connectivity index (χ3v) is 3.62. The van der Waals surface area contributed by atoms with E-state index in [0.717, 1.165) is 18.6 Å². The lowest BCUT2D eigenvalue weighted by Crippen LogP contribution is -2.25. The van der Waals surface area contributed by atoms with E-state index in [1.807, 2.05) is 17.0 Å². The Morgan fingerprint density at radius 1 is 1.38 bits per heavy atom. The van der Waals surface area contributed by atoms with E-state index in [0.29, 0.717) is 23.8 Å². The summed E-state index contributed by atoms with van der Waals surface area (Å²) in [6.45, 7) is 0.305. The minimum atomic E-state index is -0.397. The molecule has 1 fully saturated rings. The Hall–Kier alpha value is -2.34. The Bertz CT molecular complexity index is 635. The van der Waals surface area contributed by atoms with Crippen LogP contribution in [0, 0.1) is 10.1 Å². The van der Waals surface area contributed by atoms with Crippen molar-refractivity contribution in [3.8, 4) is 0 Å². The van der Waals surface area contributed by atoms with Gasteiger partial charge in [0.25, 0.3) is 5.69 Å². The van der Waals surface area contributed by atoms with Crippen LogP contribution in [0.15, 0.2) is 41.0 Å². The molecular formula is C15H16N2O4. The SMILES string of the molecule is O=[N+]([O-])c1cc(CO)ccc1N(Cc1ccco1)C1CC1. The third-order valence-electron chi connectivity index (χ3n) is 3.62. The maximum absolute atomic E-state index is 11.3. The van der Waals surface area contributed by atoms with Crippen molar-refractivity contribution in [2.24, 2.45) is 0 Å². The van der Waals surface area contributed by atoms with Crippen LogP contribution in [0.5, 0.6) is 0 Å². The maximum atomic E-state index is 11.3. The second-order valence-electron chi connectivity index (χ2n) is 5.18. The number of hydrogen-bond acceptors (Lipinski definition) is 5. The molecule has 0 aliphatic heterocycles. The van der Waals surface area contributed by atoms with Gasteiger partial charge in [-0.15, -0.1) is 0 Å². The van der Waals surface area contributed by atoms with Crippen LogP contribution in [0.3, 0.4) is 0 Å². The zero-order chi connectivity index (χ0) is 14.8. The molecular weight excluding hydrogens is 272 g/mol. The molecule has 0 radical (unpaired) electrons. The van der Waals surface area contributed by atoms with Gasteiger partial charge in [0.15, 0.2) is 0 Å². The standard InChI is InChI=1S/C15H16N2O4/c18-10-11-3-6-14(15(8-11)17(19)20)16(12-4-5-12)9-13-2-1-7-21-13/h1-3,6-8,12,18H,4-5,9-10H2. The summed E-state index contributed by atoms with van der Waals surface area (Å²) in [5.41, 5.74) is 1.15. The Kier molecular flexibility index (Phi) is 3.62. The number of anilines is 1. The van der Waals surface area contributed by atoms with Gasteiger partial charge in [0.05, 0.1) is 24.3 Å². The van der Waals surface area contributed by atoms with E-state index in [1.165, 1.54) is 6.07 Å². The van der Waals surface area contributed by atoms with Gasteiger partial charge in [-0.1, -0.05) is 6.07 Å². The number of benzene rings is 1. The molecule has 110 valence electrons. The zero-order valence-electron chi connectivity index (χ0n) is 11.4. The molecule has 0 atom stereocenters. The minimum Gasteiger partial charge on any atom is -0.467 e. The highest BCUT2D eigenvalue weighted by Gasteiger charge is 2.33. The summed E-state index contributed by atoms with van der Waals surface area (Å²) in [5.74, 6) is 0.780. The highest BCUT2D eigenvalue weighted by Crippen LogP contribution is 2.38. The summed E-state index contributed by atoms with van der Waals surface area (Å²) in [5, 5.41) is 20.5. The monoisotopic (exact) mass is 288 g/mol. The molecule has 1 N–H and O–H groups in total. The normalized spacial score (nSPS) is 14.1. The lowest BCUT2D eigenvalue weighted by atomic mass is 10.1. The number of furan rings is 1. The first-order valence-electron chi connectivity index (χ1n) is 6.86. The van der Waals surface area contributed by atoms with Gasteiger partial charge in [-0.25, -0.2) is 0 Å². The molecule has 0 spiro atoms. The van der Waals surface area contributed by atoms with E-state index >= 15 is 0 Å². The van der Waals surface area contributed by atoms with Gasteiger partial charge < -0.3 is 14.4 Å². The van der Waals surface area contributed by atoms with Crippen molar-refractivity contribution in [3.63, 3.8) is 0 Å². The van der Waals surface area contributed by atoms with Gasteiger partial charge >= 0.3 is 0 Å². The molecule has 2 aromatic rings. The van der Waals surface area contributed by atoms with E-state index in [-0.39, 0.29) is 12.3 Å². The van der Waals surface area contributed by atoms with Crippen LogP contribution in [0.1, 0.15) is 24.2 Å². The van der Waals surface area contributed by atoms with Crippen molar-refractivity contribution in [1.29, 1.82) is 0 Å². The summed E-state index contributed by atoms with van der Waals surface area (Å²) >= 11 is 0. The fourth-order valence-electron chi connectivity index (χ4n) is 2.42. The summed E-state index contributed by atoms with van der Waals surface area (Å²) in [6.07, 6.45) is 3.66. The number of hydrogen-bond donors (Lipinski definition) is 1. The first-order chi connectivity index (χ1) is 10.2. The van der Waals surface area contributed by atoms with Gasteiger partial charge in [0.2, 0.25) is 0 Å². The first-order valence-corrected chi connectivity index (χ1v) is 6.86. The minimum absolute atomic E-state index is 0.0278. The average molecular weight is 288 g/mol. The van der Waals surface area contributed by atoms with Gasteiger partial charge in [-0.2, -0.15) is 0 Å². The number of rotatable bonds is 6. The van der Waals surface area contributed by atoms with Crippen LogP contribution in [0.25, 0.3) is 0 Å². The summed E-state index contributed by atoms with van der Waals surface area (Å²) in [7, 11) is 0. The Balaban J connectivity index is 1.96. The summed E-state index contributed by atoms with van der Waals surface area (Å²) in [4.78, 5) is 12.9. The van der Waals surface area contributed by atoms with Crippen molar-refractivity contribution in [2.75, 3.05) is 4.90 Å². The quantitative estimate of drug-likeness (QED) is 0.653. The topological polar surface area (TPSA) is 79.8 Å². The lowest BCUT2D eigenvalue weighted by Gasteiger charge is -2.23. The molecule has 1 aliphatic carbocycles. The number of nitro benzene ring substituents is 1. The molecule has 3 rings (SSSR count). The fraction of sp³-hybridized carbons (Fsp3) is 0.333. The van der Waals surface area contributed by atoms with Gasteiger partial charge in [-0.05, 0) is 36.6 Å². The Labute approximate surface area is 121 Å². The van der Waals surface area contributed by atoms with Gasteiger partial charge in [0, 0.05) is 12.1 Å². The number of aliphatic hydroxyl groups excluding tert-OH is 1. The van der Waals surface area contributed by atoms with Crippen LogP contribution < -0.4 is 4.90 Å². The molecule has 6 heteroatoms. The van der Waals surface area contributed by atoms with Crippen LogP contribution in [-0.4, -0.2) is 16.1 Å². The second-order valence-corrected chi connectivity index (χ2v) is 5.18. The highest BCUT2D eigenvalue weighted by molar-refractivity contribution is 5.65. The Morgan fingerprint density at radius 3 is 2.76 bits per heavy atom. The van der Waals surface area contributed by atoms with Crippen molar-refractivity contribution in [2.45, 2.75) is 32.0 Å². The molecule has 1 aliphatic rings. The lowest BCUT2D eigenvalue weighted by molar-refractivity contribution is -0.384. The number of nitrogens with zero attached hydrogens (tertiary/aromatic N) is 2. The fourth-order valence-corrected chi connectivity index (χ4v) is 2.42. The van der Waals surface area contributed by atoms with Gasteiger partial charge in [-0.3, -0.25) is 10.1 Å². The molecule has 21 heavy (non-hydrogen) atoms. The third kappa shape index (κ3) is 2.90. The molecule has 1 aromatic heterocycles. The molecule has 1 heterocycles. The van der Waals surface area contributed by atoms with Crippen LogP contribution in [-0.2, 0) is 13.2 Å². The van der Waals surface area contributed by atoms with Gasteiger partial charge in [0.1, 0.15) is 11.4 Å². The van der Waals surface area contributed by atoms with Crippen molar-refractivity contribution >= 4 is 11.4 Å². The highest BCUT2D eigenvalue weighted by atomic mass is 16.6. The molecule has 0 unspecified atom stereocenters. The average Bonchev–Trinajstić information content (AvgIpc) is 3.21. The van der Waals surface area contributed by atoms with Crippen LogP contribution in [0.4, 0.5) is 11.4 Å². The van der Waals surface area contributed by atoms with Crippen LogP contribution >= 0.6 is 0 Å². The van der Waals surface area contributed by atoms with Crippen molar-refractivity contribution < 1.29 is 14.4 Å². The van der Waals surface area contributed by atoms with Crippen LogP contribution in [0.2, 0.25) is 0 Å². The Morgan fingerprint density at radius 2 is 2.19 bits per heavy atom. The van der Waals surface area contributed by atoms with E-state index in [2.05, 4.69) is 0 Å². The molecule has 0 saturated heterocycles. The predicted octanol–water partition coefficient (Wildman–Crippen LogP) is 2.85. The first kappa shape index (κ1) is 13.6. The maximum Gasteiger partial charge on any atom is 0.292 e. The predicted molar refractivity (Wildman–Crippen MR) is 76.9 cm³/mol. The van der Waals surface area contributed by atoms with E-state index < -0.39 is 4.92 Å². The number of nitro groups is 1. The molecule has 1 aromatic carbocycles.